The lowest BCUT2D eigenvalue weighted by Crippen LogP contribution is -2.44. The van der Waals surface area contributed by atoms with Gasteiger partial charge in [0, 0.05) is 19.2 Å². The lowest BCUT2D eigenvalue weighted by molar-refractivity contribution is -0.125. The Morgan fingerprint density at radius 1 is 1.09 bits per heavy atom. The quantitative estimate of drug-likeness (QED) is 0.644. The summed E-state index contributed by atoms with van der Waals surface area (Å²) >= 11 is 0. The number of piperidine rings is 1. The standard InChI is InChI=1S/C26H30N4O2/c1-3-20-11-13-23(14-12-20)30-25(31)16-15-24(28-30)29-17-7-10-22(18-29)26(32)27-19(2)21-8-5-4-6-9-21/h4-6,8-9,11-16,19,22H,3,7,10,17-18H2,1-2H3,(H,27,32)/t19-,22-/m0/s1. The molecule has 3 aromatic rings. The number of carbonyl (C=O) groups is 1. The molecule has 2 atom stereocenters. The van der Waals surface area contributed by atoms with Gasteiger partial charge in [0.2, 0.25) is 5.91 Å². The highest BCUT2D eigenvalue weighted by Gasteiger charge is 2.27. The van der Waals surface area contributed by atoms with E-state index in [0.29, 0.717) is 6.54 Å². The Labute approximate surface area is 188 Å². The minimum Gasteiger partial charge on any atom is -0.354 e. The van der Waals surface area contributed by atoms with Gasteiger partial charge in [-0.3, -0.25) is 9.59 Å². The van der Waals surface area contributed by atoms with E-state index in [9.17, 15) is 9.59 Å². The van der Waals surface area contributed by atoms with Crippen molar-refractivity contribution in [3.8, 4) is 5.69 Å². The lowest BCUT2D eigenvalue weighted by atomic mass is 9.96. The number of rotatable bonds is 6. The zero-order valence-electron chi connectivity index (χ0n) is 18.7. The summed E-state index contributed by atoms with van der Waals surface area (Å²) in [5.74, 6) is 0.674. The maximum Gasteiger partial charge on any atom is 0.271 e. The number of aryl methyl sites for hydroxylation is 1. The summed E-state index contributed by atoms with van der Waals surface area (Å²) in [6.45, 7) is 5.52. The first-order chi connectivity index (χ1) is 15.5. The van der Waals surface area contributed by atoms with Crippen molar-refractivity contribution >= 4 is 11.7 Å². The van der Waals surface area contributed by atoms with Crippen molar-refractivity contribution in [1.82, 2.24) is 15.1 Å². The van der Waals surface area contributed by atoms with Crippen LogP contribution in [0, 0.1) is 5.92 Å². The highest BCUT2D eigenvalue weighted by molar-refractivity contribution is 5.80. The Bertz CT molecular complexity index is 1110. The largest absolute Gasteiger partial charge is 0.354 e. The van der Waals surface area contributed by atoms with Gasteiger partial charge in [0.1, 0.15) is 5.82 Å². The monoisotopic (exact) mass is 430 g/mol. The van der Waals surface area contributed by atoms with Crippen LogP contribution >= 0.6 is 0 Å². The van der Waals surface area contributed by atoms with Crippen molar-refractivity contribution in [2.24, 2.45) is 5.92 Å². The van der Waals surface area contributed by atoms with Gasteiger partial charge in [-0.1, -0.05) is 49.4 Å². The molecule has 1 amide bonds. The van der Waals surface area contributed by atoms with Crippen LogP contribution in [0.15, 0.2) is 71.5 Å². The van der Waals surface area contributed by atoms with Crippen LogP contribution in [0.25, 0.3) is 5.69 Å². The average Bonchev–Trinajstić information content (AvgIpc) is 2.85. The van der Waals surface area contributed by atoms with Crippen molar-refractivity contribution in [2.75, 3.05) is 18.0 Å². The van der Waals surface area contributed by atoms with Gasteiger partial charge in [-0.2, -0.15) is 4.68 Å². The first kappa shape index (κ1) is 21.8. The van der Waals surface area contributed by atoms with Crippen LogP contribution in [0.4, 0.5) is 5.82 Å². The summed E-state index contributed by atoms with van der Waals surface area (Å²) in [6, 6.07) is 21.2. The second kappa shape index (κ2) is 9.81. The lowest BCUT2D eigenvalue weighted by Gasteiger charge is -2.33. The Balaban J connectivity index is 1.48. The number of carbonyl (C=O) groups excluding carboxylic acids is 1. The van der Waals surface area contributed by atoms with E-state index < -0.39 is 0 Å². The number of nitrogens with one attached hydrogen (secondary N) is 1. The smallest absolute Gasteiger partial charge is 0.271 e. The molecular weight excluding hydrogens is 400 g/mol. The van der Waals surface area contributed by atoms with Gasteiger partial charge in [-0.25, -0.2) is 0 Å². The van der Waals surface area contributed by atoms with E-state index in [1.54, 1.807) is 12.1 Å². The summed E-state index contributed by atoms with van der Waals surface area (Å²) in [5.41, 5.74) is 2.89. The molecule has 0 aliphatic carbocycles. The van der Waals surface area contributed by atoms with Crippen LogP contribution < -0.4 is 15.8 Å². The third kappa shape index (κ3) is 4.90. The van der Waals surface area contributed by atoms with E-state index >= 15 is 0 Å². The van der Waals surface area contributed by atoms with E-state index in [1.165, 1.54) is 10.2 Å². The van der Waals surface area contributed by atoms with E-state index in [-0.39, 0.29) is 23.4 Å². The molecule has 1 aliphatic heterocycles. The topological polar surface area (TPSA) is 67.2 Å². The molecule has 0 saturated carbocycles. The molecule has 166 valence electrons. The van der Waals surface area contributed by atoms with Crippen LogP contribution in [0.2, 0.25) is 0 Å². The number of hydrogen-bond acceptors (Lipinski definition) is 4. The van der Waals surface area contributed by atoms with E-state index in [1.807, 2.05) is 61.5 Å². The first-order valence-corrected chi connectivity index (χ1v) is 11.3. The maximum atomic E-state index is 12.9. The molecular formula is C26H30N4O2. The molecule has 0 unspecified atom stereocenters. The van der Waals surface area contributed by atoms with Crippen LogP contribution in [-0.2, 0) is 11.2 Å². The Morgan fingerprint density at radius 3 is 2.56 bits per heavy atom. The molecule has 32 heavy (non-hydrogen) atoms. The fourth-order valence-electron chi connectivity index (χ4n) is 4.18. The number of hydrogen-bond donors (Lipinski definition) is 1. The molecule has 1 saturated heterocycles. The number of nitrogens with zero attached hydrogens (tertiary/aromatic N) is 3. The van der Waals surface area contributed by atoms with Gasteiger partial charge in [-0.05, 0) is 55.5 Å². The van der Waals surface area contributed by atoms with E-state index in [4.69, 9.17) is 0 Å². The summed E-state index contributed by atoms with van der Waals surface area (Å²) in [4.78, 5) is 27.5. The zero-order chi connectivity index (χ0) is 22.5. The molecule has 0 radical (unpaired) electrons. The van der Waals surface area contributed by atoms with Gasteiger partial charge < -0.3 is 10.2 Å². The Morgan fingerprint density at radius 2 is 1.84 bits per heavy atom. The van der Waals surface area contributed by atoms with Crippen molar-refractivity contribution < 1.29 is 4.79 Å². The molecule has 6 nitrogen and oxygen atoms in total. The molecule has 1 aliphatic rings. The average molecular weight is 431 g/mol. The van der Waals surface area contributed by atoms with Gasteiger partial charge in [0.15, 0.2) is 0 Å². The summed E-state index contributed by atoms with van der Waals surface area (Å²) in [7, 11) is 0. The fourth-order valence-corrected chi connectivity index (χ4v) is 4.18. The second-order valence-corrected chi connectivity index (χ2v) is 8.39. The minimum absolute atomic E-state index is 0.0369. The zero-order valence-corrected chi connectivity index (χ0v) is 18.7. The number of anilines is 1. The third-order valence-corrected chi connectivity index (χ3v) is 6.15. The highest BCUT2D eigenvalue weighted by atomic mass is 16.2. The number of benzene rings is 2. The van der Waals surface area contributed by atoms with Crippen LogP contribution in [0.1, 0.15) is 43.9 Å². The van der Waals surface area contributed by atoms with Crippen molar-refractivity contribution in [1.29, 1.82) is 0 Å². The predicted octanol–water partition coefficient (Wildman–Crippen LogP) is 3.89. The van der Waals surface area contributed by atoms with Gasteiger partial charge in [-0.15, -0.1) is 5.10 Å². The first-order valence-electron chi connectivity index (χ1n) is 11.3. The summed E-state index contributed by atoms with van der Waals surface area (Å²) in [5, 5.41) is 7.78. The van der Waals surface area contributed by atoms with Crippen LogP contribution in [0.3, 0.4) is 0 Å². The molecule has 2 aromatic carbocycles. The minimum atomic E-state index is -0.166. The van der Waals surface area contributed by atoms with Crippen LogP contribution in [0.5, 0.6) is 0 Å². The van der Waals surface area contributed by atoms with E-state index in [0.717, 1.165) is 42.9 Å². The van der Waals surface area contributed by atoms with Gasteiger partial charge in [0.25, 0.3) is 5.56 Å². The normalized spacial score (nSPS) is 17.1. The van der Waals surface area contributed by atoms with Crippen molar-refractivity contribution in [3.05, 3.63) is 88.2 Å². The molecule has 0 bridgehead atoms. The number of aromatic nitrogens is 2. The molecule has 1 aromatic heterocycles. The SMILES string of the molecule is CCc1ccc(-n2nc(N3CCC[C@H](C(=O)N[C@@H](C)c4ccccc4)C3)ccc2=O)cc1. The molecule has 2 heterocycles. The molecule has 6 heteroatoms. The Hall–Kier alpha value is -3.41. The Kier molecular flexibility index (Phi) is 6.69. The van der Waals surface area contributed by atoms with Crippen molar-refractivity contribution in [3.63, 3.8) is 0 Å². The highest BCUT2D eigenvalue weighted by Crippen LogP contribution is 2.23. The molecule has 4 rings (SSSR count). The summed E-state index contributed by atoms with van der Waals surface area (Å²) in [6.07, 6.45) is 2.70. The number of amides is 1. The third-order valence-electron chi connectivity index (χ3n) is 6.15. The molecule has 1 fully saturated rings. The predicted molar refractivity (Wildman–Crippen MR) is 127 cm³/mol. The van der Waals surface area contributed by atoms with Gasteiger partial charge in [0.05, 0.1) is 17.6 Å². The molecule has 0 spiro atoms. The fraction of sp³-hybridized carbons (Fsp3) is 0.346. The van der Waals surface area contributed by atoms with Crippen LogP contribution in [-0.4, -0.2) is 28.8 Å². The molecule has 1 N–H and O–H groups in total. The maximum absolute atomic E-state index is 12.9. The van der Waals surface area contributed by atoms with Gasteiger partial charge >= 0.3 is 0 Å². The van der Waals surface area contributed by atoms with E-state index in [2.05, 4.69) is 22.2 Å². The van der Waals surface area contributed by atoms with Crippen molar-refractivity contribution in [2.45, 2.75) is 39.2 Å². The second-order valence-electron chi connectivity index (χ2n) is 8.39. The summed E-state index contributed by atoms with van der Waals surface area (Å²) < 4.78 is 1.44.